The van der Waals surface area contributed by atoms with E-state index in [0.717, 1.165) is 22.2 Å². The molecule has 0 radical (unpaired) electrons. The summed E-state index contributed by atoms with van der Waals surface area (Å²) in [5.74, 6) is 0.808. The van der Waals surface area contributed by atoms with E-state index in [1.165, 1.54) is 0 Å². The van der Waals surface area contributed by atoms with E-state index < -0.39 is 0 Å². The Kier molecular flexibility index (Phi) is 3.81. The van der Waals surface area contributed by atoms with E-state index >= 15 is 0 Å². The molecule has 78 valence electrons. The molecule has 0 fully saturated rings. The summed E-state index contributed by atoms with van der Waals surface area (Å²) < 4.78 is 6.72. The highest BCUT2D eigenvalue weighted by Crippen LogP contribution is 2.31. The van der Waals surface area contributed by atoms with Gasteiger partial charge in [0.05, 0.1) is 11.8 Å². The third kappa shape index (κ3) is 2.64. The molecular weight excluding hydrogens is 242 g/mol. The van der Waals surface area contributed by atoms with Gasteiger partial charge in [-0.3, -0.25) is 0 Å². The number of hydrogen-bond donors (Lipinski definition) is 1. The lowest BCUT2D eigenvalue weighted by atomic mass is 10.2. The lowest BCUT2D eigenvalue weighted by molar-refractivity contribution is 0.217. The zero-order valence-corrected chi connectivity index (χ0v) is 10.4. The lowest BCUT2D eigenvalue weighted by Crippen LogP contribution is -2.12. The van der Waals surface area contributed by atoms with Crippen LogP contribution in [0, 0.1) is 6.92 Å². The fraction of sp³-hybridized carbons (Fsp3) is 0.455. The lowest BCUT2D eigenvalue weighted by Gasteiger charge is -2.16. The predicted octanol–water partition coefficient (Wildman–Crippen LogP) is 3.52. The zero-order chi connectivity index (χ0) is 10.7. The van der Waals surface area contributed by atoms with Crippen LogP contribution >= 0.6 is 15.9 Å². The molecule has 0 amide bonds. The Balaban J connectivity index is 2.96. The molecule has 0 saturated carbocycles. The summed E-state index contributed by atoms with van der Waals surface area (Å²) in [4.78, 5) is 0. The number of nitrogens with two attached hydrogens (primary N) is 1. The smallest absolute Gasteiger partial charge is 0.145 e. The monoisotopic (exact) mass is 257 g/mol. The van der Waals surface area contributed by atoms with E-state index in [1.807, 2.05) is 26.0 Å². The number of anilines is 1. The van der Waals surface area contributed by atoms with Crippen LogP contribution in [0.4, 0.5) is 5.69 Å². The van der Waals surface area contributed by atoms with Crippen LogP contribution in [0.2, 0.25) is 0 Å². The molecule has 3 heteroatoms. The molecule has 0 aromatic heterocycles. The first-order valence-electron chi connectivity index (χ1n) is 4.76. The van der Waals surface area contributed by atoms with Crippen molar-refractivity contribution in [1.82, 2.24) is 0 Å². The summed E-state index contributed by atoms with van der Waals surface area (Å²) in [6.07, 6.45) is 1.19. The molecule has 0 aliphatic heterocycles. The largest absolute Gasteiger partial charge is 0.488 e. The minimum Gasteiger partial charge on any atom is -0.488 e. The molecule has 0 saturated heterocycles. The Morgan fingerprint density at radius 3 is 2.64 bits per heavy atom. The predicted molar refractivity (Wildman–Crippen MR) is 63.7 cm³/mol. The molecule has 1 aromatic rings. The number of nitrogen functional groups attached to an aromatic ring is 1. The second-order valence-electron chi connectivity index (χ2n) is 3.48. The normalized spacial score (nSPS) is 12.6. The van der Waals surface area contributed by atoms with Crippen molar-refractivity contribution in [3.05, 3.63) is 22.2 Å². The van der Waals surface area contributed by atoms with Crippen molar-refractivity contribution in [1.29, 1.82) is 0 Å². The first kappa shape index (κ1) is 11.4. The van der Waals surface area contributed by atoms with Gasteiger partial charge in [-0.25, -0.2) is 0 Å². The van der Waals surface area contributed by atoms with Gasteiger partial charge in [0.1, 0.15) is 5.75 Å². The Morgan fingerprint density at radius 2 is 2.14 bits per heavy atom. The maximum Gasteiger partial charge on any atom is 0.145 e. The van der Waals surface area contributed by atoms with Crippen LogP contribution in [0.1, 0.15) is 25.8 Å². The Morgan fingerprint density at radius 1 is 1.50 bits per heavy atom. The van der Waals surface area contributed by atoms with E-state index in [2.05, 4.69) is 22.9 Å². The molecule has 1 rings (SSSR count). The fourth-order valence-electron chi connectivity index (χ4n) is 1.20. The van der Waals surface area contributed by atoms with Crippen molar-refractivity contribution in [2.24, 2.45) is 0 Å². The first-order valence-corrected chi connectivity index (χ1v) is 5.56. The van der Waals surface area contributed by atoms with Gasteiger partial charge in [-0.1, -0.05) is 22.9 Å². The summed E-state index contributed by atoms with van der Waals surface area (Å²) in [6, 6.07) is 3.87. The summed E-state index contributed by atoms with van der Waals surface area (Å²) >= 11 is 3.39. The molecular formula is C11H16BrNO. The Hall–Kier alpha value is -0.700. The van der Waals surface area contributed by atoms with Crippen LogP contribution in [0.25, 0.3) is 0 Å². The van der Waals surface area contributed by atoms with Crippen LogP contribution in [0.3, 0.4) is 0 Å². The van der Waals surface area contributed by atoms with Gasteiger partial charge in [0.25, 0.3) is 0 Å². The molecule has 2 N–H and O–H groups in total. The van der Waals surface area contributed by atoms with Crippen molar-refractivity contribution in [2.45, 2.75) is 33.3 Å². The molecule has 1 atom stereocenters. The number of hydrogen-bond acceptors (Lipinski definition) is 2. The van der Waals surface area contributed by atoms with E-state index in [9.17, 15) is 0 Å². The second kappa shape index (κ2) is 4.69. The number of rotatable bonds is 3. The van der Waals surface area contributed by atoms with Gasteiger partial charge in [-0.15, -0.1) is 0 Å². The molecule has 2 nitrogen and oxygen atoms in total. The van der Waals surface area contributed by atoms with E-state index in [-0.39, 0.29) is 6.10 Å². The first-order chi connectivity index (χ1) is 6.54. The zero-order valence-electron chi connectivity index (χ0n) is 8.80. The van der Waals surface area contributed by atoms with Crippen LogP contribution in [0.15, 0.2) is 16.6 Å². The third-order valence-corrected chi connectivity index (χ3v) is 2.62. The number of benzene rings is 1. The summed E-state index contributed by atoms with van der Waals surface area (Å²) in [5, 5.41) is 0. The van der Waals surface area contributed by atoms with E-state index in [0.29, 0.717) is 5.69 Å². The summed E-state index contributed by atoms with van der Waals surface area (Å²) in [7, 11) is 0. The van der Waals surface area contributed by atoms with Crippen LogP contribution < -0.4 is 10.5 Å². The molecule has 0 bridgehead atoms. The van der Waals surface area contributed by atoms with Crippen LogP contribution in [-0.4, -0.2) is 6.10 Å². The summed E-state index contributed by atoms with van der Waals surface area (Å²) in [6.45, 7) is 6.13. The average Bonchev–Trinajstić information content (AvgIpc) is 2.10. The van der Waals surface area contributed by atoms with Gasteiger partial charge in [0.15, 0.2) is 0 Å². The fourth-order valence-corrected chi connectivity index (χ4v) is 1.79. The molecule has 1 unspecified atom stereocenters. The quantitative estimate of drug-likeness (QED) is 0.842. The molecule has 0 aliphatic carbocycles. The number of ether oxygens (including phenoxy) is 1. The van der Waals surface area contributed by atoms with Crippen LogP contribution in [-0.2, 0) is 0 Å². The molecule has 1 aromatic carbocycles. The highest BCUT2D eigenvalue weighted by atomic mass is 79.9. The van der Waals surface area contributed by atoms with Gasteiger partial charge < -0.3 is 10.5 Å². The summed E-state index contributed by atoms with van der Waals surface area (Å²) in [5.41, 5.74) is 7.63. The second-order valence-corrected chi connectivity index (χ2v) is 4.39. The topological polar surface area (TPSA) is 35.2 Å². The number of aryl methyl sites for hydroxylation is 1. The minimum atomic E-state index is 0.206. The Labute approximate surface area is 93.6 Å². The molecule has 0 spiro atoms. The highest BCUT2D eigenvalue weighted by molar-refractivity contribution is 9.10. The van der Waals surface area contributed by atoms with Crippen molar-refractivity contribution in [3.63, 3.8) is 0 Å². The van der Waals surface area contributed by atoms with Crippen molar-refractivity contribution in [2.75, 3.05) is 5.73 Å². The third-order valence-electron chi connectivity index (χ3n) is 2.16. The van der Waals surface area contributed by atoms with Gasteiger partial charge in [-0.2, -0.15) is 0 Å². The highest BCUT2D eigenvalue weighted by Gasteiger charge is 2.09. The molecule has 0 heterocycles. The average molecular weight is 258 g/mol. The van der Waals surface area contributed by atoms with Gasteiger partial charge in [0, 0.05) is 4.47 Å². The van der Waals surface area contributed by atoms with E-state index in [1.54, 1.807) is 0 Å². The standard InChI is InChI=1S/C11H16BrNO/c1-4-8(3)14-11-7(2)5-9(12)6-10(11)13/h5-6,8H,4,13H2,1-3H3. The number of halogens is 1. The molecule has 14 heavy (non-hydrogen) atoms. The van der Waals surface area contributed by atoms with Crippen molar-refractivity contribution < 1.29 is 4.74 Å². The maximum absolute atomic E-state index is 5.87. The molecule has 0 aliphatic rings. The van der Waals surface area contributed by atoms with Gasteiger partial charge in [0.2, 0.25) is 0 Å². The van der Waals surface area contributed by atoms with Crippen molar-refractivity contribution >= 4 is 21.6 Å². The minimum absolute atomic E-state index is 0.206. The SMILES string of the molecule is CCC(C)Oc1c(C)cc(Br)cc1N. The maximum atomic E-state index is 5.87. The van der Waals surface area contributed by atoms with Gasteiger partial charge in [-0.05, 0) is 38.0 Å². The van der Waals surface area contributed by atoms with Crippen molar-refractivity contribution in [3.8, 4) is 5.75 Å². The Bertz CT molecular complexity index is 302. The van der Waals surface area contributed by atoms with E-state index in [4.69, 9.17) is 10.5 Å². The van der Waals surface area contributed by atoms with Gasteiger partial charge >= 0.3 is 0 Å². The van der Waals surface area contributed by atoms with Crippen LogP contribution in [0.5, 0.6) is 5.75 Å².